The Bertz CT molecular complexity index is 527. The fourth-order valence-corrected chi connectivity index (χ4v) is 2.72. The third-order valence-corrected chi connectivity index (χ3v) is 4.04. The molecule has 1 unspecified atom stereocenters. The summed E-state index contributed by atoms with van der Waals surface area (Å²) in [5, 5.41) is 11.4. The molecule has 1 fully saturated rings. The molecule has 0 radical (unpaired) electrons. The van der Waals surface area contributed by atoms with Gasteiger partial charge in [0.2, 0.25) is 5.95 Å². The van der Waals surface area contributed by atoms with Crippen molar-refractivity contribution in [3.05, 3.63) is 24.4 Å². The molecule has 2 aromatic rings. The lowest BCUT2D eigenvalue weighted by Crippen LogP contribution is -2.50. The second kappa shape index (κ2) is 4.81. The van der Waals surface area contributed by atoms with Gasteiger partial charge in [-0.05, 0) is 36.9 Å². The summed E-state index contributed by atoms with van der Waals surface area (Å²) in [6.07, 6.45) is 4.44. The zero-order chi connectivity index (χ0) is 13.3. The number of nitrogens with zero attached hydrogens (tertiary/aromatic N) is 3. The maximum Gasteiger partial charge on any atom is 0.243 e. The highest BCUT2D eigenvalue weighted by Gasteiger charge is 2.31. The summed E-state index contributed by atoms with van der Waals surface area (Å²) >= 11 is 0. The summed E-state index contributed by atoms with van der Waals surface area (Å²) < 4.78 is 1.79. The van der Waals surface area contributed by atoms with E-state index in [2.05, 4.69) is 34.6 Å². The minimum Gasteiger partial charge on any atom is -0.351 e. The van der Waals surface area contributed by atoms with Crippen molar-refractivity contribution in [2.24, 2.45) is 5.41 Å². The first kappa shape index (κ1) is 12.4. The van der Waals surface area contributed by atoms with Crippen LogP contribution in [0.25, 0.3) is 5.65 Å². The summed E-state index contributed by atoms with van der Waals surface area (Å²) in [5.41, 5.74) is 1.20. The standard InChI is InChI=1S/C14H21N5/c1-14(2)7-5-8-15-11(14)10-16-13-17-12-6-3-4-9-19(12)18-13/h3-4,6,9,11,15H,5,7-8,10H2,1-2H3,(H,16,18). The van der Waals surface area contributed by atoms with Gasteiger partial charge in [0.25, 0.3) is 0 Å². The number of piperidine rings is 1. The molecule has 5 nitrogen and oxygen atoms in total. The predicted octanol–water partition coefficient (Wildman–Crippen LogP) is 1.92. The summed E-state index contributed by atoms with van der Waals surface area (Å²) in [5.74, 6) is 0.703. The Morgan fingerprint density at radius 3 is 3.16 bits per heavy atom. The molecule has 1 aliphatic heterocycles. The molecule has 3 heterocycles. The van der Waals surface area contributed by atoms with Crippen molar-refractivity contribution in [2.75, 3.05) is 18.4 Å². The zero-order valence-electron chi connectivity index (χ0n) is 11.6. The van der Waals surface area contributed by atoms with Gasteiger partial charge in [-0.1, -0.05) is 19.9 Å². The van der Waals surface area contributed by atoms with Crippen molar-refractivity contribution < 1.29 is 0 Å². The second-order valence-electron chi connectivity index (χ2n) is 5.92. The van der Waals surface area contributed by atoms with Gasteiger partial charge in [0.1, 0.15) is 0 Å². The smallest absolute Gasteiger partial charge is 0.243 e. The fraction of sp³-hybridized carbons (Fsp3) is 0.571. The van der Waals surface area contributed by atoms with E-state index in [1.807, 2.05) is 24.4 Å². The average Bonchev–Trinajstić information content (AvgIpc) is 2.79. The van der Waals surface area contributed by atoms with Crippen molar-refractivity contribution in [1.29, 1.82) is 0 Å². The van der Waals surface area contributed by atoms with E-state index in [1.54, 1.807) is 4.52 Å². The number of rotatable bonds is 3. The number of pyridine rings is 1. The number of aromatic nitrogens is 3. The fourth-order valence-electron chi connectivity index (χ4n) is 2.72. The van der Waals surface area contributed by atoms with Gasteiger partial charge in [0, 0.05) is 18.8 Å². The van der Waals surface area contributed by atoms with Gasteiger partial charge in [-0.3, -0.25) is 0 Å². The molecule has 0 aliphatic carbocycles. The SMILES string of the molecule is CC1(C)CCCNC1CNc1nc2ccccn2n1. The zero-order valence-corrected chi connectivity index (χ0v) is 11.6. The average molecular weight is 259 g/mol. The number of anilines is 1. The van der Waals surface area contributed by atoms with Crippen molar-refractivity contribution in [3.63, 3.8) is 0 Å². The Kier molecular flexibility index (Phi) is 3.14. The molecule has 102 valence electrons. The third-order valence-electron chi connectivity index (χ3n) is 4.04. The number of hydrogen-bond acceptors (Lipinski definition) is 4. The first-order valence-electron chi connectivity index (χ1n) is 6.94. The second-order valence-corrected chi connectivity index (χ2v) is 5.92. The topological polar surface area (TPSA) is 54.2 Å². The molecule has 19 heavy (non-hydrogen) atoms. The number of fused-ring (bicyclic) bond motifs is 1. The Morgan fingerprint density at radius 2 is 2.37 bits per heavy atom. The monoisotopic (exact) mass is 259 g/mol. The molecule has 1 aliphatic rings. The predicted molar refractivity (Wildman–Crippen MR) is 76.3 cm³/mol. The van der Waals surface area contributed by atoms with Crippen LogP contribution in [0.5, 0.6) is 0 Å². The minimum absolute atomic E-state index is 0.324. The number of hydrogen-bond donors (Lipinski definition) is 2. The molecular formula is C14H21N5. The summed E-state index contributed by atoms with van der Waals surface area (Å²) in [6.45, 7) is 6.61. The lowest BCUT2D eigenvalue weighted by atomic mass is 9.77. The molecule has 0 amide bonds. The Balaban J connectivity index is 1.68. The van der Waals surface area contributed by atoms with Crippen molar-refractivity contribution in [3.8, 4) is 0 Å². The highest BCUT2D eigenvalue weighted by molar-refractivity contribution is 5.42. The molecule has 5 heteroatoms. The summed E-state index contributed by atoms with van der Waals surface area (Å²) in [4.78, 5) is 4.46. The molecule has 1 atom stereocenters. The maximum absolute atomic E-state index is 4.46. The van der Waals surface area contributed by atoms with E-state index in [1.165, 1.54) is 12.8 Å². The van der Waals surface area contributed by atoms with Gasteiger partial charge in [0.15, 0.2) is 5.65 Å². The van der Waals surface area contributed by atoms with Crippen LogP contribution >= 0.6 is 0 Å². The maximum atomic E-state index is 4.46. The van der Waals surface area contributed by atoms with Crippen LogP contribution in [0.3, 0.4) is 0 Å². The number of nitrogens with one attached hydrogen (secondary N) is 2. The third kappa shape index (κ3) is 2.56. The van der Waals surface area contributed by atoms with Gasteiger partial charge in [-0.15, -0.1) is 5.10 Å². The first-order chi connectivity index (χ1) is 9.15. The van der Waals surface area contributed by atoms with Gasteiger partial charge in [-0.25, -0.2) is 4.52 Å². The Morgan fingerprint density at radius 1 is 1.47 bits per heavy atom. The largest absolute Gasteiger partial charge is 0.351 e. The van der Waals surface area contributed by atoms with Crippen LogP contribution < -0.4 is 10.6 Å². The summed E-state index contributed by atoms with van der Waals surface area (Å²) in [7, 11) is 0. The minimum atomic E-state index is 0.324. The van der Waals surface area contributed by atoms with Crippen LogP contribution in [-0.4, -0.2) is 33.7 Å². The van der Waals surface area contributed by atoms with E-state index >= 15 is 0 Å². The highest BCUT2D eigenvalue weighted by Crippen LogP contribution is 2.29. The van der Waals surface area contributed by atoms with E-state index in [0.717, 1.165) is 18.7 Å². The van der Waals surface area contributed by atoms with E-state index in [9.17, 15) is 0 Å². The molecule has 2 aromatic heterocycles. The summed E-state index contributed by atoms with van der Waals surface area (Å²) in [6, 6.07) is 6.35. The van der Waals surface area contributed by atoms with Crippen molar-refractivity contribution >= 4 is 11.6 Å². The van der Waals surface area contributed by atoms with E-state index in [-0.39, 0.29) is 0 Å². The van der Waals surface area contributed by atoms with Crippen LogP contribution in [0.1, 0.15) is 26.7 Å². The normalized spacial score (nSPS) is 22.5. The lowest BCUT2D eigenvalue weighted by Gasteiger charge is -2.39. The molecule has 0 bridgehead atoms. The van der Waals surface area contributed by atoms with E-state index < -0.39 is 0 Å². The molecule has 0 spiro atoms. The first-order valence-corrected chi connectivity index (χ1v) is 6.94. The Labute approximate surface area is 113 Å². The van der Waals surface area contributed by atoms with Crippen LogP contribution in [-0.2, 0) is 0 Å². The van der Waals surface area contributed by atoms with Gasteiger partial charge < -0.3 is 10.6 Å². The molecule has 0 saturated carbocycles. The molecule has 2 N–H and O–H groups in total. The highest BCUT2D eigenvalue weighted by atomic mass is 15.3. The van der Waals surface area contributed by atoms with E-state index in [0.29, 0.717) is 17.4 Å². The molecule has 3 rings (SSSR count). The van der Waals surface area contributed by atoms with Gasteiger partial charge in [0.05, 0.1) is 0 Å². The lowest BCUT2D eigenvalue weighted by molar-refractivity contribution is 0.188. The van der Waals surface area contributed by atoms with Crippen LogP contribution in [0.2, 0.25) is 0 Å². The van der Waals surface area contributed by atoms with E-state index in [4.69, 9.17) is 0 Å². The molecular weight excluding hydrogens is 238 g/mol. The van der Waals surface area contributed by atoms with Crippen LogP contribution in [0.4, 0.5) is 5.95 Å². The van der Waals surface area contributed by atoms with Gasteiger partial charge in [-0.2, -0.15) is 4.98 Å². The van der Waals surface area contributed by atoms with Crippen molar-refractivity contribution in [2.45, 2.75) is 32.7 Å². The van der Waals surface area contributed by atoms with Crippen LogP contribution in [0, 0.1) is 5.41 Å². The molecule has 0 aromatic carbocycles. The quantitative estimate of drug-likeness (QED) is 0.884. The van der Waals surface area contributed by atoms with Crippen molar-refractivity contribution in [1.82, 2.24) is 19.9 Å². The van der Waals surface area contributed by atoms with Crippen LogP contribution in [0.15, 0.2) is 24.4 Å². The molecule has 1 saturated heterocycles. The Hall–Kier alpha value is -1.62. The van der Waals surface area contributed by atoms with Gasteiger partial charge >= 0.3 is 0 Å².